The van der Waals surface area contributed by atoms with Gasteiger partial charge in [0, 0.05) is 18.7 Å². The quantitative estimate of drug-likeness (QED) is 0.757. The first kappa shape index (κ1) is 14.7. The zero-order chi connectivity index (χ0) is 16.2. The Balaban J connectivity index is 1.67. The summed E-state index contributed by atoms with van der Waals surface area (Å²) in [7, 11) is 1.72. The van der Waals surface area contributed by atoms with Gasteiger partial charge in [-0.25, -0.2) is 4.68 Å². The molecule has 118 valence electrons. The highest BCUT2D eigenvalue weighted by molar-refractivity contribution is 6.03. The van der Waals surface area contributed by atoms with Gasteiger partial charge in [0.05, 0.1) is 0 Å². The molecule has 23 heavy (non-hydrogen) atoms. The van der Waals surface area contributed by atoms with E-state index in [1.807, 2.05) is 0 Å². The van der Waals surface area contributed by atoms with Crippen molar-refractivity contribution in [2.45, 2.75) is 13.5 Å². The Morgan fingerprint density at radius 2 is 2.26 bits per heavy atom. The molecule has 1 N–H and O–H groups in total. The highest BCUT2D eigenvalue weighted by Crippen LogP contribution is 2.16. The van der Waals surface area contributed by atoms with Crippen molar-refractivity contribution in [2.24, 2.45) is 7.05 Å². The third kappa shape index (κ3) is 3.51. The molecule has 2 aromatic heterocycles. The monoisotopic (exact) mass is 314 g/mol. The van der Waals surface area contributed by atoms with Crippen LogP contribution in [0.15, 0.2) is 34.9 Å². The normalized spacial score (nSPS) is 10.5. The summed E-state index contributed by atoms with van der Waals surface area (Å²) in [4.78, 5) is 12.2. The molecule has 0 saturated heterocycles. The molecule has 0 bridgehead atoms. The third-order valence-electron chi connectivity index (χ3n) is 3.04. The van der Waals surface area contributed by atoms with E-state index in [1.165, 1.54) is 4.68 Å². The van der Waals surface area contributed by atoms with Crippen LogP contribution in [0.1, 0.15) is 21.9 Å². The Morgan fingerprint density at radius 3 is 2.96 bits per heavy atom. The van der Waals surface area contributed by atoms with E-state index in [4.69, 9.17) is 9.26 Å². The van der Waals surface area contributed by atoms with Crippen molar-refractivity contribution in [1.29, 1.82) is 0 Å². The average Bonchev–Trinajstić information content (AvgIpc) is 3.14. The first-order valence-electron chi connectivity index (χ1n) is 6.80. The van der Waals surface area contributed by atoms with Gasteiger partial charge in [-0.1, -0.05) is 11.2 Å². The maximum atomic E-state index is 12.2. The Bertz CT molecular complexity index is 825. The van der Waals surface area contributed by atoms with Gasteiger partial charge in [0.2, 0.25) is 0 Å². The minimum absolute atomic E-state index is 0.205. The number of amides is 1. The smallest absolute Gasteiger partial charge is 0.257 e. The fourth-order valence-electron chi connectivity index (χ4n) is 1.86. The summed E-state index contributed by atoms with van der Waals surface area (Å²) in [5.41, 5.74) is 0.444. The van der Waals surface area contributed by atoms with E-state index < -0.39 is 0 Å². The van der Waals surface area contributed by atoms with Gasteiger partial charge in [-0.05, 0) is 35.5 Å². The van der Waals surface area contributed by atoms with E-state index in [2.05, 4.69) is 26.0 Å². The second-order valence-electron chi connectivity index (χ2n) is 4.81. The Hall–Kier alpha value is -3.23. The number of aromatic nitrogens is 5. The third-order valence-corrected chi connectivity index (χ3v) is 3.04. The highest BCUT2D eigenvalue weighted by Gasteiger charge is 2.10. The van der Waals surface area contributed by atoms with Gasteiger partial charge >= 0.3 is 0 Å². The summed E-state index contributed by atoms with van der Waals surface area (Å²) in [5.74, 6) is 1.80. The molecule has 1 aromatic carbocycles. The van der Waals surface area contributed by atoms with E-state index in [0.29, 0.717) is 28.7 Å². The van der Waals surface area contributed by atoms with Crippen molar-refractivity contribution in [2.75, 3.05) is 5.32 Å². The number of rotatable bonds is 5. The number of hydrogen-bond donors (Lipinski definition) is 1. The fourth-order valence-corrected chi connectivity index (χ4v) is 1.86. The van der Waals surface area contributed by atoms with Gasteiger partial charge < -0.3 is 14.6 Å². The summed E-state index contributed by atoms with van der Waals surface area (Å²) >= 11 is 0. The first-order chi connectivity index (χ1) is 11.1. The number of carbonyl (C=O) groups is 1. The van der Waals surface area contributed by atoms with Crippen molar-refractivity contribution < 1.29 is 14.1 Å². The predicted octanol–water partition coefficient (Wildman–Crippen LogP) is 1.34. The lowest BCUT2D eigenvalue weighted by molar-refractivity contribution is 0.102. The predicted molar refractivity (Wildman–Crippen MR) is 78.8 cm³/mol. The fraction of sp³-hybridized carbons (Fsp3) is 0.214. The standard InChI is InChI=1S/C14H14N6O3/c1-9-6-12(17-23-9)15-14(21)10-4-3-5-11(7-10)22-8-13-16-18-19-20(13)2/h3-7H,8H2,1-2H3,(H,15,17,21). The van der Waals surface area contributed by atoms with E-state index in [9.17, 15) is 4.79 Å². The van der Waals surface area contributed by atoms with Crippen LogP contribution in [0.25, 0.3) is 0 Å². The van der Waals surface area contributed by atoms with E-state index in [1.54, 1.807) is 44.3 Å². The molecule has 0 radical (unpaired) electrons. The molecule has 0 spiro atoms. The molecule has 0 unspecified atom stereocenters. The van der Waals surface area contributed by atoms with Crippen LogP contribution in [0.4, 0.5) is 5.82 Å². The number of benzene rings is 1. The number of hydrogen-bond acceptors (Lipinski definition) is 7. The zero-order valence-electron chi connectivity index (χ0n) is 12.6. The lowest BCUT2D eigenvalue weighted by Crippen LogP contribution is -2.12. The van der Waals surface area contributed by atoms with Crippen molar-refractivity contribution in [1.82, 2.24) is 25.4 Å². The van der Waals surface area contributed by atoms with E-state index in [-0.39, 0.29) is 12.5 Å². The molecule has 9 nitrogen and oxygen atoms in total. The maximum absolute atomic E-state index is 12.2. The Labute approximate surface area is 131 Å². The molecule has 0 atom stereocenters. The molecule has 1 amide bonds. The molecule has 2 heterocycles. The van der Waals surface area contributed by atoms with Crippen molar-refractivity contribution in [3.63, 3.8) is 0 Å². The molecule has 0 saturated carbocycles. The molecule has 9 heteroatoms. The second-order valence-corrected chi connectivity index (χ2v) is 4.81. The van der Waals surface area contributed by atoms with Crippen molar-refractivity contribution in [3.8, 4) is 5.75 Å². The van der Waals surface area contributed by atoms with Crippen LogP contribution in [0, 0.1) is 6.92 Å². The minimum atomic E-state index is -0.302. The SMILES string of the molecule is Cc1cc(NC(=O)c2cccc(OCc3nnnn3C)c2)no1. The molecule has 3 aromatic rings. The minimum Gasteiger partial charge on any atom is -0.486 e. The van der Waals surface area contributed by atoms with Gasteiger partial charge in [-0.15, -0.1) is 5.10 Å². The molecular formula is C14H14N6O3. The molecule has 0 aliphatic rings. The second kappa shape index (κ2) is 6.26. The lowest BCUT2D eigenvalue weighted by atomic mass is 10.2. The molecule has 0 aliphatic carbocycles. The van der Waals surface area contributed by atoms with Crippen LogP contribution in [0.2, 0.25) is 0 Å². The van der Waals surface area contributed by atoms with E-state index >= 15 is 0 Å². The van der Waals surface area contributed by atoms with Crippen LogP contribution in [-0.4, -0.2) is 31.3 Å². The number of carbonyl (C=O) groups excluding carboxylic acids is 1. The average molecular weight is 314 g/mol. The summed E-state index contributed by atoms with van der Waals surface area (Å²) in [6, 6.07) is 8.43. The molecule has 0 aliphatic heterocycles. The maximum Gasteiger partial charge on any atom is 0.257 e. The van der Waals surface area contributed by atoms with Gasteiger partial charge in [0.1, 0.15) is 18.1 Å². The number of nitrogens with zero attached hydrogens (tertiary/aromatic N) is 5. The summed E-state index contributed by atoms with van der Waals surface area (Å²) in [6.07, 6.45) is 0. The summed E-state index contributed by atoms with van der Waals surface area (Å²) in [6.45, 7) is 1.95. The van der Waals surface area contributed by atoms with Gasteiger partial charge in [0.25, 0.3) is 5.91 Å². The van der Waals surface area contributed by atoms with Crippen molar-refractivity contribution in [3.05, 3.63) is 47.5 Å². The van der Waals surface area contributed by atoms with Gasteiger partial charge in [-0.3, -0.25) is 4.79 Å². The zero-order valence-corrected chi connectivity index (χ0v) is 12.6. The summed E-state index contributed by atoms with van der Waals surface area (Å²) < 4.78 is 12.0. The van der Waals surface area contributed by atoms with Crippen LogP contribution in [-0.2, 0) is 13.7 Å². The lowest BCUT2D eigenvalue weighted by Gasteiger charge is -2.07. The van der Waals surface area contributed by atoms with Crippen molar-refractivity contribution >= 4 is 11.7 Å². The largest absolute Gasteiger partial charge is 0.486 e. The van der Waals surface area contributed by atoms with Crippen LogP contribution < -0.4 is 10.1 Å². The Morgan fingerprint density at radius 1 is 1.39 bits per heavy atom. The van der Waals surface area contributed by atoms with Gasteiger partial charge in [0.15, 0.2) is 11.6 Å². The number of tetrazole rings is 1. The number of anilines is 1. The van der Waals surface area contributed by atoms with Crippen LogP contribution in [0.3, 0.4) is 0 Å². The number of aryl methyl sites for hydroxylation is 2. The van der Waals surface area contributed by atoms with Crippen LogP contribution in [0.5, 0.6) is 5.75 Å². The van der Waals surface area contributed by atoms with E-state index in [0.717, 1.165) is 0 Å². The van der Waals surface area contributed by atoms with Crippen LogP contribution >= 0.6 is 0 Å². The number of ether oxygens (including phenoxy) is 1. The molecular weight excluding hydrogens is 300 g/mol. The highest BCUT2D eigenvalue weighted by atomic mass is 16.5. The summed E-state index contributed by atoms with van der Waals surface area (Å²) in [5, 5.41) is 17.4. The molecule has 0 fully saturated rings. The van der Waals surface area contributed by atoms with Gasteiger partial charge in [-0.2, -0.15) is 0 Å². The Kier molecular flexibility index (Phi) is 4.00. The molecule has 3 rings (SSSR count). The number of nitrogens with one attached hydrogen (secondary N) is 1. The first-order valence-corrected chi connectivity index (χ1v) is 6.80. The topological polar surface area (TPSA) is 108 Å².